The van der Waals surface area contributed by atoms with Gasteiger partial charge in [-0.2, -0.15) is 0 Å². The molecule has 1 aromatic rings. The molecule has 2 nitrogen and oxygen atoms in total. The summed E-state index contributed by atoms with van der Waals surface area (Å²) in [7, 11) is 1.96. The fourth-order valence-corrected chi connectivity index (χ4v) is 2.70. The van der Waals surface area contributed by atoms with E-state index in [-0.39, 0.29) is 5.75 Å². The molecule has 0 aromatic heterocycles. The summed E-state index contributed by atoms with van der Waals surface area (Å²) in [5.74, 6) is -0.973. The summed E-state index contributed by atoms with van der Waals surface area (Å²) in [5, 5.41) is 3.28. The molecule has 1 aliphatic carbocycles. The van der Waals surface area contributed by atoms with Crippen molar-refractivity contribution in [2.75, 3.05) is 13.7 Å². The van der Waals surface area contributed by atoms with Gasteiger partial charge in [-0.05, 0) is 44.4 Å². The molecule has 0 aliphatic heterocycles. The largest absolute Gasteiger partial charge is 0.488 e. The number of rotatable bonds is 5. The van der Waals surface area contributed by atoms with Crippen molar-refractivity contribution in [3.05, 3.63) is 29.8 Å². The number of hydrogen-bond donors (Lipinski definition) is 1. The minimum Gasteiger partial charge on any atom is -0.488 e. The van der Waals surface area contributed by atoms with Crippen LogP contribution in [0.1, 0.15) is 25.7 Å². The lowest BCUT2D eigenvalue weighted by atomic mass is 10.0. The molecule has 0 bridgehead atoms. The molecule has 1 N–H and O–H groups in total. The highest BCUT2D eigenvalue weighted by Gasteiger charge is 2.25. The maximum atomic E-state index is 13.3. The smallest absolute Gasteiger partial charge is 0.190 e. The third-order valence-corrected chi connectivity index (χ3v) is 3.68. The zero-order valence-electron chi connectivity index (χ0n) is 10.6. The first-order valence-corrected chi connectivity index (χ1v) is 6.46. The van der Waals surface area contributed by atoms with Gasteiger partial charge in [0.1, 0.15) is 0 Å². The van der Waals surface area contributed by atoms with Gasteiger partial charge < -0.3 is 10.1 Å². The minimum atomic E-state index is -0.633. The van der Waals surface area contributed by atoms with Gasteiger partial charge in [0.05, 0.1) is 6.61 Å². The molecule has 100 valence electrons. The van der Waals surface area contributed by atoms with Crippen LogP contribution in [-0.4, -0.2) is 19.7 Å². The van der Waals surface area contributed by atoms with Crippen molar-refractivity contribution in [3.63, 3.8) is 0 Å². The molecule has 0 amide bonds. The standard InChI is InChI=1S/C14H19F2NO/c1-17-13-7-2-4-10(13)8-9-18-14-11(15)5-3-6-12(14)16/h3,5-6,10,13,17H,2,4,7-9H2,1H3. The fourth-order valence-electron chi connectivity index (χ4n) is 2.70. The van der Waals surface area contributed by atoms with Crippen molar-refractivity contribution in [1.82, 2.24) is 5.32 Å². The van der Waals surface area contributed by atoms with Crippen LogP contribution in [0.4, 0.5) is 8.78 Å². The summed E-state index contributed by atoms with van der Waals surface area (Å²) in [6.07, 6.45) is 4.38. The van der Waals surface area contributed by atoms with E-state index >= 15 is 0 Å². The van der Waals surface area contributed by atoms with Crippen LogP contribution in [0.3, 0.4) is 0 Å². The van der Waals surface area contributed by atoms with Gasteiger partial charge in [0.15, 0.2) is 17.4 Å². The Balaban J connectivity index is 1.85. The van der Waals surface area contributed by atoms with Crippen molar-refractivity contribution >= 4 is 0 Å². The maximum absolute atomic E-state index is 13.3. The lowest BCUT2D eigenvalue weighted by molar-refractivity contribution is 0.244. The summed E-state index contributed by atoms with van der Waals surface area (Å²) in [6.45, 7) is 0.362. The fraction of sp³-hybridized carbons (Fsp3) is 0.571. The third kappa shape index (κ3) is 2.99. The Morgan fingerprint density at radius 1 is 1.28 bits per heavy atom. The molecular formula is C14H19F2NO. The van der Waals surface area contributed by atoms with Crippen molar-refractivity contribution < 1.29 is 13.5 Å². The predicted molar refractivity (Wildman–Crippen MR) is 66.7 cm³/mol. The van der Waals surface area contributed by atoms with Crippen LogP contribution in [-0.2, 0) is 0 Å². The maximum Gasteiger partial charge on any atom is 0.190 e. The van der Waals surface area contributed by atoms with E-state index in [1.165, 1.54) is 31.0 Å². The summed E-state index contributed by atoms with van der Waals surface area (Å²) in [6, 6.07) is 4.28. The summed E-state index contributed by atoms with van der Waals surface area (Å²) >= 11 is 0. The molecule has 0 saturated heterocycles. The van der Waals surface area contributed by atoms with Gasteiger partial charge in [-0.25, -0.2) is 8.78 Å². The van der Waals surface area contributed by atoms with Gasteiger partial charge in [-0.1, -0.05) is 12.5 Å². The molecule has 1 aliphatic rings. The molecular weight excluding hydrogens is 236 g/mol. The molecule has 1 aromatic carbocycles. The molecule has 1 saturated carbocycles. The van der Waals surface area contributed by atoms with E-state index < -0.39 is 11.6 Å². The predicted octanol–water partition coefficient (Wildman–Crippen LogP) is 3.12. The van der Waals surface area contributed by atoms with E-state index in [2.05, 4.69) is 5.32 Å². The minimum absolute atomic E-state index is 0.253. The molecule has 2 rings (SSSR count). The number of halogens is 2. The molecule has 0 heterocycles. The number of ether oxygens (including phenoxy) is 1. The van der Waals surface area contributed by atoms with Crippen LogP contribution >= 0.6 is 0 Å². The summed E-state index contributed by atoms with van der Waals surface area (Å²) in [5.41, 5.74) is 0. The Bertz CT molecular complexity index is 377. The Morgan fingerprint density at radius 2 is 2.00 bits per heavy atom. The van der Waals surface area contributed by atoms with Gasteiger partial charge in [0.25, 0.3) is 0 Å². The number of benzene rings is 1. The number of hydrogen-bond acceptors (Lipinski definition) is 2. The average Bonchev–Trinajstić information content (AvgIpc) is 2.80. The molecule has 1 fully saturated rings. The third-order valence-electron chi connectivity index (χ3n) is 3.68. The zero-order chi connectivity index (χ0) is 13.0. The van der Waals surface area contributed by atoms with E-state index in [4.69, 9.17) is 4.74 Å². The van der Waals surface area contributed by atoms with Gasteiger partial charge in [0, 0.05) is 6.04 Å². The van der Waals surface area contributed by atoms with Crippen LogP contribution in [0, 0.1) is 17.6 Å². The molecule has 0 radical (unpaired) electrons. The Labute approximate surface area is 106 Å². The number of nitrogens with one attached hydrogen (secondary N) is 1. The van der Waals surface area contributed by atoms with E-state index in [1.807, 2.05) is 7.05 Å². The monoisotopic (exact) mass is 255 g/mol. The molecule has 0 spiro atoms. The Kier molecular flexibility index (Phi) is 4.53. The highest BCUT2D eigenvalue weighted by molar-refractivity contribution is 5.25. The van der Waals surface area contributed by atoms with E-state index in [9.17, 15) is 8.78 Å². The van der Waals surface area contributed by atoms with Crippen LogP contribution < -0.4 is 10.1 Å². The second-order valence-corrected chi connectivity index (χ2v) is 4.77. The average molecular weight is 255 g/mol. The lowest BCUT2D eigenvalue weighted by Crippen LogP contribution is -2.29. The van der Waals surface area contributed by atoms with Gasteiger partial charge in [-0.3, -0.25) is 0 Å². The van der Waals surface area contributed by atoms with Crippen molar-refractivity contribution in [1.29, 1.82) is 0 Å². The Hall–Kier alpha value is -1.16. The zero-order valence-corrected chi connectivity index (χ0v) is 10.6. The first-order valence-electron chi connectivity index (χ1n) is 6.46. The summed E-state index contributed by atoms with van der Waals surface area (Å²) in [4.78, 5) is 0. The van der Waals surface area contributed by atoms with Crippen molar-refractivity contribution in [3.8, 4) is 5.75 Å². The lowest BCUT2D eigenvalue weighted by Gasteiger charge is -2.19. The second-order valence-electron chi connectivity index (χ2n) is 4.77. The van der Waals surface area contributed by atoms with E-state index in [0.29, 0.717) is 18.6 Å². The van der Waals surface area contributed by atoms with E-state index in [1.54, 1.807) is 0 Å². The van der Waals surface area contributed by atoms with Crippen LogP contribution in [0.5, 0.6) is 5.75 Å². The molecule has 4 heteroatoms. The Morgan fingerprint density at radius 3 is 2.67 bits per heavy atom. The summed E-state index contributed by atoms with van der Waals surface area (Å²) < 4.78 is 31.9. The van der Waals surface area contributed by atoms with E-state index in [0.717, 1.165) is 12.8 Å². The number of para-hydroxylation sites is 1. The molecule has 18 heavy (non-hydrogen) atoms. The van der Waals surface area contributed by atoms with Gasteiger partial charge in [0.2, 0.25) is 0 Å². The van der Waals surface area contributed by atoms with Gasteiger partial charge in [-0.15, -0.1) is 0 Å². The quantitative estimate of drug-likeness (QED) is 0.872. The van der Waals surface area contributed by atoms with Crippen molar-refractivity contribution in [2.24, 2.45) is 5.92 Å². The van der Waals surface area contributed by atoms with Crippen LogP contribution in [0.2, 0.25) is 0 Å². The van der Waals surface area contributed by atoms with Crippen LogP contribution in [0.25, 0.3) is 0 Å². The van der Waals surface area contributed by atoms with Crippen molar-refractivity contribution in [2.45, 2.75) is 31.7 Å². The highest BCUT2D eigenvalue weighted by Crippen LogP contribution is 2.29. The molecule has 2 atom stereocenters. The first-order chi connectivity index (χ1) is 8.72. The van der Waals surface area contributed by atoms with Crippen LogP contribution in [0.15, 0.2) is 18.2 Å². The molecule has 2 unspecified atom stereocenters. The first kappa shape index (κ1) is 13.3. The normalized spacial score (nSPS) is 23.3. The van der Waals surface area contributed by atoms with Gasteiger partial charge >= 0.3 is 0 Å². The highest BCUT2D eigenvalue weighted by atomic mass is 19.1. The SMILES string of the molecule is CNC1CCCC1CCOc1c(F)cccc1F. The topological polar surface area (TPSA) is 21.3 Å². The second kappa shape index (κ2) is 6.14.